The first-order valence-corrected chi connectivity index (χ1v) is 8.29. The van der Waals surface area contributed by atoms with Gasteiger partial charge in [0.1, 0.15) is 17.7 Å². The predicted octanol–water partition coefficient (Wildman–Crippen LogP) is 3.36. The molecule has 0 aliphatic carbocycles. The van der Waals surface area contributed by atoms with E-state index in [9.17, 15) is 9.18 Å². The van der Waals surface area contributed by atoms with Crippen LogP contribution >= 0.6 is 0 Å². The molecule has 0 unspecified atom stereocenters. The second-order valence-electron chi connectivity index (χ2n) is 6.38. The van der Waals surface area contributed by atoms with Gasteiger partial charge in [-0.1, -0.05) is 18.2 Å². The molecule has 4 aromatic rings. The van der Waals surface area contributed by atoms with E-state index in [-0.39, 0.29) is 11.4 Å². The predicted molar refractivity (Wildman–Crippen MR) is 97.7 cm³/mol. The second kappa shape index (κ2) is 6.22. The second-order valence-corrected chi connectivity index (χ2v) is 6.38. The third-order valence-electron chi connectivity index (χ3n) is 4.53. The highest BCUT2D eigenvalue weighted by atomic mass is 19.1. The van der Waals surface area contributed by atoms with Crippen molar-refractivity contribution in [3.05, 3.63) is 87.7 Å². The number of halogens is 1. The molecule has 0 saturated heterocycles. The normalized spacial score (nSPS) is 11.2. The van der Waals surface area contributed by atoms with Gasteiger partial charge < -0.3 is 0 Å². The summed E-state index contributed by atoms with van der Waals surface area (Å²) in [5.41, 5.74) is 4.98. The zero-order chi connectivity index (χ0) is 18.3. The van der Waals surface area contributed by atoms with Crippen molar-refractivity contribution in [2.75, 3.05) is 0 Å². The van der Waals surface area contributed by atoms with Crippen LogP contribution in [0.1, 0.15) is 16.7 Å². The molecule has 0 atom stereocenters. The molecule has 0 radical (unpaired) electrons. The molecular formula is C20H17FN4O. The molecule has 0 aliphatic rings. The zero-order valence-corrected chi connectivity index (χ0v) is 14.5. The highest BCUT2D eigenvalue weighted by Crippen LogP contribution is 2.18. The Morgan fingerprint density at radius 2 is 1.77 bits per heavy atom. The van der Waals surface area contributed by atoms with Gasteiger partial charge >= 0.3 is 0 Å². The quantitative estimate of drug-likeness (QED) is 0.570. The van der Waals surface area contributed by atoms with Crippen molar-refractivity contribution in [3.8, 4) is 11.3 Å². The minimum atomic E-state index is -0.310. The Balaban J connectivity index is 1.73. The van der Waals surface area contributed by atoms with Gasteiger partial charge in [0, 0.05) is 5.56 Å². The van der Waals surface area contributed by atoms with Gasteiger partial charge in [-0.3, -0.25) is 4.79 Å². The van der Waals surface area contributed by atoms with Gasteiger partial charge in [-0.25, -0.2) is 13.6 Å². The van der Waals surface area contributed by atoms with Crippen LogP contribution in [0.2, 0.25) is 0 Å². The molecule has 0 fully saturated rings. The Hall–Kier alpha value is -3.28. The average molecular weight is 348 g/mol. The molecule has 6 heteroatoms. The molecule has 2 aromatic heterocycles. The van der Waals surface area contributed by atoms with E-state index in [0.717, 1.165) is 11.1 Å². The maximum absolute atomic E-state index is 13.1. The van der Waals surface area contributed by atoms with Gasteiger partial charge in [0.05, 0.1) is 12.2 Å². The summed E-state index contributed by atoms with van der Waals surface area (Å²) in [6.45, 7) is 4.50. The first-order valence-electron chi connectivity index (χ1n) is 8.29. The summed E-state index contributed by atoms with van der Waals surface area (Å²) in [6, 6.07) is 13.8. The van der Waals surface area contributed by atoms with Crippen LogP contribution in [0.4, 0.5) is 4.39 Å². The molecule has 0 N–H and O–H groups in total. The Bertz CT molecular complexity index is 1160. The van der Waals surface area contributed by atoms with E-state index >= 15 is 0 Å². The molecular weight excluding hydrogens is 331 g/mol. The molecule has 130 valence electrons. The lowest BCUT2D eigenvalue weighted by Crippen LogP contribution is -2.25. The monoisotopic (exact) mass is 348 g/mol. The van der Waals surface area contributed by atoms with Gasteiger partial charge in [-0.2, -0.15) is 10.2 Å². The van der Waals surface area contributed by atoms with Gasteiger partial charge in [-0.15, -0.1) is 0 Å². The molecule has 26 heavy (non-hydrogen) atoms. The molecule has 5 nitrogen and oxygen atoms in total. The summed E-state index contributed by atoms with van der Waals surface area (Å²) in [4.78, 5) is 12.8. The first kappa shape index (κ1) is 16.2. The number of rotatable bonds is 3. The Labute approximate surface area is 149 Å². The van der Waals surface area contributed by atoms with E-state index in [0.29, 0.717) is 17.8 Å². The summed E-state index contributed by atoms with van der Waals surface area (Å²) in [6.07, 6.45) is 1.52. The van der Waals surface area contributed by atoms with Crippen molar-refractivity contribution in [1.82, 2.24) is 19.4 Å². The maximum atomic E-state index is 13.1. The first-order chi connectivity index (χ1) is 12.5. The molecule has 0 aliphatic heterocycles. The highest BCUT2D eigenvalue weighted by molar-refractivity contribution is 5.65. The summed E-state index contributed by atoms with van der Waals surface area (Å²) < 4.78 is 16.0. The fourth-order valence-electron chi connectivity index (χ4n) is 2.89. The highest BCUT2D eigenvalue weighted by Gasteiger charge is 2.11. The van der Waals surface area contributed by atoms with Crippen molar-refractivity contribution >= 4 is 5.52 Å². The van der Waals surface area contributed by atoms with Crippen molar-refractivity contribution in [2.24, 2.45) is 0 Å². The number of nitrogens with zero attached hydrogens (tertiary/aromatic N) is 4. The van der Waals surface area contributed by atoms with E-state index in [2.05, 4.69) is 23.2 Å². The SMILES string of the molecule is Cc1ccc(Cn2ncn3nc(-c4ccc(F)cc4)cc3c2=O)cc1C. The van der Waals surface area contributed by atoms with Crippen molar-refractivity contribution in [2.45, 2.75) is 20.4 Å². The van der Waals surface area contributed by atoms with Gasteiger partial charge in [0.25, 0.3) is 5.56 Å². The standard InChI is InChI=1S/C20H17FN4O/c1-13-3-4-15(9-14(13)2)11-24-20(26)19-10-18(23-25(19)12-22-24)16-5-7-17(21)8-6-16/h3-10,12H,11H2,1-2H3. The van der Waals surface area contributed by atoms with Crippen LogP contribution in [-0.4, -0.2) is 19.4 Å². The zero-order valence-electron chi connectivity index (χ0n) is 14.5. The van der Waals surface area contributed by atoms with Crippen molar-refractivity contribution in [1.29, 1.82) is 0 Å². The summed E-state index contributed by atoms with van der Waals surface area (Å²) in [7, 11) is 0. The van der Waals surface area contributed by atoms with Crippen LogP contribution < -0.4 is 5.56 Å². The van der Waals surface area contributed by atoms with Crippen LogP contribution in [0, 0.1) is 19.7 Å². The van der Waals surface area contributed by atoms with Crippen LogP contribution in [0.25, 0.3) is 16.8 Å². The van der Waals surface area contributed by atoms with Crippen LogP contribution in [0.5, 0.6) is 0 Å². The molecule has 2 aromatic carbocycles. The minimum absolute atomic E-state index is 0.216. The summed E-state index contributed by atoms with van der Waals surface area (Å²) >= 11 is 0. The Morgan fingerprint density at radius 3 is 2.50 bits per heavy atom. The molecule has 0 spiro atoms. The third kappa shape index (κ3) is 2.90. The van der Waals surface area contributed by atoms with Gasteiger partial charge in [0.15, 0.2) is 0 Å². The van der Waals surface area contributed by atoms with E-state index in [1.165, 1.54) is 38.8 Å². The topological polar surface area (TPSA) is 52.2 Å². The summed E-state index contributed by atoms with van der Waals surface area (Å²) in [5.74, 6) is -0.310. The van der Waals surface area contributed by atoms with Gasteiger partial charge in [0.2, 0.25) is 0 Å². The smallest absolute Gasteiger partial charge is 0.265 e. The Morgan fingerprint density at radius 1 is 1.00 bits per heavy atom. The van der Waals surface area contributed by atoms with Crippen LogP contribution in [-0.2, 0) is 6.54 Å². The molecule has 2 heterocycles. The van der Waals surface area contributed by atoms with Crippen LogP contribution in [0.3, 0.4) is 0 Å². The van der Waals surface area contributed by atoms with Crippen molar-refractivity contribution in [3.63, 3.8) is 0 Å². The van der Waals surface area contributed by atoms with Crippen molar-refractivity contribution < 1.29 is 4.39 Å². The van der Waals surface area contributed by atoms with Crippen LogP contribution in [0.15, 0.2) is 59.7 Å². The fourth-order valence-corrected chi connectivity index (χ4v) is 2.89. The molecule has 0 saturated carbocycles. The summed E-state index contributed by atoms with van der Waals surface area (Å²) in [5, 5.41) is 8.59. The number of hydrogen-bond acceptors (Lipinski definition) is 3. The fraction of sp³-hybridized carbons (Fsp3) is 0.150. The van der Waals surface area contributed by atoms with E-state index < -0.39 is 0 Å². The maximum Gasteiger partial charge on any atom is 0.293 e. The average Bonchev–Trinajstić information content (AvgIpc) is 3.06. The Kier molecular flexibility index (Phi) is 3.88. The number of hydrogen-bond donors (Lipinski definition) is 0. The molecule has 0 bridgehead atoms. The molecule has 0 amide bonds. The van der Waals surface area contributed by atoms with E-state index in [1.54, 1.807) is 18.2 Å². The largest absolute Gasteiger partial charge is 0.293 e. The number of aromatic nitrogens is 4. The van der Waals surface area contributed by atoms with Gasteiger partial charge in [-0.05, 0) is 60.9 Å². The molecule has 4 rings (SSSR count). The van der Waals surface area contributed by atoms with E-state index in [1.807, 2.05) is 19.1 Å². The lowest BCUT2D eigenvalue weighted by Gasteiger charge is -2.07. The lowest BCUT2D eigenvalue weighted by molar-refractivity contribution is 0.619. The lowest BCUT2D eigenvalue weighted by atomic mass is 10.1. The van der Waals surface area contributed by atoms with E-state index in [4.69, 9.17) is 0 Å². The third-order valence-corrected chi connectivity index (χ3v) is 4.53. The number of benzene rings is 2. The minimum Gasteiger partial charge on any atom is -0.265 e. The number of aryl methyl sites for hydroxylation is 2. The number of fused-ring (bicyclic) bond motifs is 1.